The van der Waals surface area contributed by atoms with Gasteiger partial charge in [0.05, 0.1) is 24.7 Å². The Balaban J connectivity index is 1.46. The first-order valence-corrected chi connectivity index (χ1v) is 10.4. The Morgan fingerprint density at radius 3 is 2.50 bits per heavy atom. The summed E-state index contributed by atoms with van der Waals surface area (Å²) in [6.07, 6.45) is 1.69. The fourth-order valence-electron chi connectivity index (χ4n) is 3.82. The Morgan fingerprint density at radius 1 is 1.07 bits per heavy atom. The quantitative estimate of drug-likeness (QED) is 0.627. The first-order chi connectivity index (χ1) is 14.6. The lowest BCUT2D eigenvalue weighted by Gasteiger charge is -2.36. The number of piperazine rings is 1. The molecule has 0 bridgehead atoms. The average Bonchev–Trinajstić information content (AvgIpc) is 2.77. The summed E-state index contributed by atoms with van der Waals surface area (Å²) < 4.78 is 6.85. The van der Waals surface area contributed by atoms with Crippen molar-refractivity contribution in [2.45, 2.75) is 13.5 Å². The second-order valence-electron chi connectivity index (χ2n) is 7.47. The van der Waals surface area contributed by atoms with Crippen LogP contribution >= 0.6 is 11.6 Å². The number of benzene rings is 2. The second kappa shape index (κ2) is 8.90. The molecule has 0 amide bonds. The molecule has 2 heterocycles. The lowest BCUT2D eigenvalue weighted by Crippen LogP contribution is -2.46. The molecule has 30 heavy (non-hydrogen) atoms. The number of aryl methyl sites for hydroxylation is 1. The van der Waals surface area contributed by atoms with Gasteiger partial charge >= 0.3 is 0 Å². The number of aromatic nitrogens is 2. The molecule has 1 aliphatic rings. The van der Waals surface area contributed by atoms with Gasteiger partial charge in [-0.25, -0.2) is 0 Å². The molecule has 156 valence electrons. The molecular weight excluding hydrogens is 400 g/mol. The molecule has 0 unspecified atom stereocenters. The van der Waals surface area contributed by atoms with Crippen molar-refractivity contribution in [2.24, 2.45) is 0 Å². The number of hydrogen-bond acceptors (Lipinski definition) is 5. The highest BCUT2D eigenvalue weighted by molar-refractivity contribution is 6.33. The fraction of sp³-hybridized carbons (Fsp3) is 0.304. The largest absolute Gasteiger partial charge is 0.496 e. The minimum atomic E-state index is -0.299. The number of halogens is 1. The molecular formula is C23H25ClN4O2. The van der Waals surface area contributed by atoms with Crippen molar-refractivity contribution in [2.75, 3.05) is 38.2 Å². The van der Waals surface area contributed by atoms with E-state index in [1.165, 1.54) is 15.8 Å². The number of methoxy groups -OCH3 is 1. The van der Waals surface area contributed by atoms with Crippen LogP contribution in [-0.4, -0.2) is 48.0 Å². The molecule has 0 N–H and O–H groups in total. The zero-order valence-electron chi connectivity index (χ0n) is 17.2. The number of ether oxygens (including phenoxy) is 1. The average molecular weight is 425 g/mol. The standard InChI is InChI=1S/C23H25ClN4O2/c1-17-8-9-21(30-2)18(14-17)16-26-10-12-27(13-11-26)20-15-25-28(23(29)22(20)24)19-6-4-3-5-7-19/h3-9,14-15H,10-13,16H2,1-2H3. The van der Waals surface area contributed by atoms with Crippen LogP contribution in [0.2, 0.25) is 5.02 Å². The van der Waals surface area contributed by atoms with Gasteiger partial charge in [-0.1, -0.05) is 47.5 Å². The van der Waals surface area contributed by atoms with Gasteiger partial charge in [-0.15, -0.1) is 0 Å². The first kappa shape index (κ1) is 20.4. The van der Waals surface area contributed by atoms with E-state index in [0.717, 1.165) is 38.5 Å². The maximum Gasteiger partial charge on any atom is 0.292 e. The Bertz CT molecular complexity index is 1080. The van der Waals surface area contributed by atoms with Gasteiger partial charge in [-0.05, 0) is 25.1 Å². The van der Waals surface area contributed by atoms with Crippen molar-refractivity contribution in [1.82, 2.24) is 14.7 Å². The first-order valence-electron chi connectivity index (χ1n) is 10.0. The minimum Gasteiger partial charge on any atom is -0.496 e. The molecule has 3 aromatic rings. The van der Waals surface area contributed by atoms with E-state index in [1.807, 2.05) is 36.4 Å². The van der Waals surface area contributed by atoms with Gasteiger partial charge in [0.25, 0.3) is 5.56 Å². The van der Waals surface area contributed by atoms with Crippen molar-refractivity contribution in [3.8, 4) is 11.4 Å². The predicted octanol–water partition coefficient (Wildman–Crippen LogP) is 3.53. The van der Waals surface area contributed by atoms with Crippen molar-refractivity contribution in [3.05, 3.63) is 81.2 Å². The molecule has 1 aromatic heterocycles. The smallest absolute Gasteiger partial charge is 0.292 e. The van der Waals surface area contributed by atoms with Crippen molar-refractivity contribution < 1.29 is 4.74 Å². The molecule has 6 nitrogen and oxygen atoms in total. The van der Waals surface area contributed by atoms with Crippen LogP contribution in [0.5, 0.6) is 5.75 Å². The highest BCUT2D eigenvalue weighted by atomic mass is 35.5. The summed E-state index contributed by atoms with van der Waals surface area (Å²) >= 11 is 6.46. The predicted molar refractivity (Wildman–Crippen MR) is 120 cm³/mol. The van der Waals surface area contributed by atoms with E-state index in [9.17, 15) is 4.79 Å². The lowest BCUT2D eigenvalue weighted by atomic mass is 10.1. The van der Waals surface area contributed by atoms with E-state index in [2.05, 4.69) is 34.0 Å². The van der Waals surface area contributed by atoms with Crippen molar-refractivity contribution in [3.63, 3.8) is 0 Å². The van der Waals surface area contributed by atoms with E-state index in [0.29, 0.717) is 11.4 Å². The van der Waals surface area contributed by atoms with Crippen molar-refractivity contribution in [1.29, 1.82) is 0 Å². The third kappa shape index (κ3) is 4.20. The Labute approximate surface area is 181 Å². The molecule has 2 aromatic carbocycles. The Morgan fingerprint density at radius 2 is 1.80 bits per heavy atom. The summed E-state index contributed by atoms with van der Waals surface area (Å²) in [6, 6.07) is 15.6. The van der Waals surface area contributed by atoms with Gasteiger partial charge in [0.2, 0.25) is 0 Å². The van der Waals surface area contributed by atoms with Crippen LogP contribution in [0.15, 0.2) is 59.5 Å². The van der Waals surface area contributed by atoms with Crippen LogP contribution in [0.3, 0.4) is 0 Å². The number of rotatable bonds is 5. The van der Waals surface area contributed by atoms with Crippen molar-refractivity contribution >= 4 is 17.3 Å². The topological polar surface area (TPSA) is 50.6 Å². The summed E-state index contributed by atoms with van der Waals surface area (Å²) in [5.41, 5.74) is 3.51. The molecule has 0 aliphatic carbocycles. The van der Waals surface area contributed by atoms with E-state index in [-0.39, 0.29) is 10.6 Å². The van der Waals surface area contributed by atoms with Crippen LogP contribution in [0.25, 0.3) is 5.69 Å². The van der Waals surface area contributed by atoms with E-state index < -0.39 is 0 Å². The normalized spacial score (nSPS) is 14.7. The zero-order valence-corrected chi connectivity index (χ0v) is 18.0. The molecule has 1 aliphatic heterocycles. The van der Waals surface area contributed by atoms with Crippen LogP contribution in [0, 0.1) is 6.92 Å². The molecule has 1 fully saturated rings. The zero-order chi connectivity index (χ0) is 21.1. The molecule has 0 spiro atoms. The second-order valence-corrected chi connectivity index (χ2v) is 7.85. The van der Waals surface area contributed by atoms with Crippen LogP contribution in [0.1, 0.15) is 11.1 Å². The van der Waals surface area contributed by atoms with Gasteiger partial charge < -0.3 is 9.64 Å². The summed E-state index contributed by atoms with van der Waals surface area (Å²) in [5, 5.41) is 4.56. The maximum atomic E-state index is 12.8. The number of hydrogen-bond donors (Lipinski definition) is 0. The molecule has 0 atom stereocenters. The molecule has 4 rings (SSSR count). The molecule has 0 saturated carbocycles. The van der Waals surface area contributed by atoms with Gasteiger partial charge in [-0.3, -0.25) is 9.69 Å². The minimum absolute atomic E-state index is 0.211. The van der Waals surface area contributed by atoms with Crippen LogP contribution in [-0.2, 0) is 6.54 Å². The van der Waals surface area contributed by atoms with Gasteiger partial charge in [0, 0.05) is 38.3 Å². The van der Waals surface area contributed by atoms with Gasteiger partial charge in [0.15, 0.2) is 0 Å². The van der Waals surface area contributed by atoms with Crippen LogP contribution < -0.4 is 15.2 Å². The third-order valence-corrected chi connectivity index (χ3v) is 5.80. The Hall–Kier alpha value is -2.83. The van der Waals surface area contributed by atoms with Crippen LogP contribution in [0.4, 0.5) is 5.69 Å². The summed E-state index contributed by atoms with van der Waals surface area (Å²) in [6.45, 7) is 6.23. The SMILES string of the molecule is COc1ccc(C)cc1CN1CCN(c2cnn(-c3ccccc3)c(=O)c2Cl)CC1. The van der Waals surface area contributed by atoms with E-state index in [1.54, 1.807) is 13.3 Å². The van der Waals surface area contributed by atoms with Gasteiger partial charge in [-0.2, -0.15) is 9.78 Å². The molecule has 1 saturated heterocycles. The highest BCUT2D eigenvalue weighted by Crippen LogP contribution is 2.25. The number of para-hydroxylation sites is 1. The Kier molecular flexibility index (Phi) is 6.06. The summed E-state index contributed by atoms with van der Waals surface area (Å²) in [4.78, 5) is 17.3. The van der Waals surface area contributed by atoms with E-state index >= 15 is 0 Å². The summed E-state index contributed by atoms with van der Waals surface area (Å²) in [5.74, 6) is 0.916. The maximum absolute atomic E-state index is 12.8. The number of anilines is 1. The molecule has 0 radical (unpaired) electrons. The monoisotopic (exact) mass is 424 g/mol. The third-order valence-electron chi connectivity index (χ3n) is 5.44. The molecule has 7 heteroatoms. The highest BCUT2D eigenvalue weighted by Gasteiger charge is 2.22. The lowest BCUT2D eigenvalue weighted by molar-refractivity contribution is 0.246. The number of nitrogens with zero attached hydrogens (tertiary/aromatic N) is 4. The van der Waals surface area contributed by atoms with Gasteiger partial charge in [0.1, 0.15) is 10.8 Å². The fourth-order valence-corrected chi connectivity index (χ4v) is 4.06. The van der Waals surface area contributed by atoms with E-state index in [4.69, 9.17) is 16.3 Å². The summed E-state index contributed by atoms with van der Waals surface area (Å²) in [7, 11) is 1.71.